The number of phenols is 1. The number of aliphatic carboxylic acids is 1. The summed E-state index contributed by atoms with van der Waals surface area (Å²) in [6, 6.07) is 5.85. The molecule has 2 fully saturated rings. The summed E-state index contributed by atoms with van der Waals surface area (Å²) in [7, 11) is 0. The van der Waals surface area contributed by atoms with Crippen molar-refractivity contribution in [2.75, 3.05) is 0 Å². The first-order valence-electron chi connectivity index (χ1n) is 10.8. The van der Waals surface area contributed by atoms with Crippen molar-refractivity contribution in [3.8, 4) is 5.75 Å². The Kier molecular flexibility index (Phi) is 7.37. The number of hydrogen-bond donors (Lipinski definition) is 2. The van der Waals surface area contributed by atoms with Gasteiger partial charge in [0.25, 0.3) is 0 Å². The van der Waals surface area contributed by atoms with Gasteiger partial charge in [-0.2, -0.15) is 0 Å². The Morgan fingerprint density at radius 3 is 2.67 bits per heavy atom. The fourth-order valence-corrected chi connectivity index (χ4v) is 5.04. The van der Waals surface area contributed by atoms with Gasteiger partial charge in [0.1, 0.15) is 5.75 Å². The first kappa shape index (κ1) is 20.0. The van der Waals surface area contributed by atoms with E-state index in [1.54, 1.807) is 0 Å². The number of rotatable bonds is 8. The lowest BCUT2D eigenvalue weighted by molar-refractivity contribution is -0.136. The zero-order valence-electron chi connectivity index (χ0n) is 16.4. The summed E-state index contributed by atoms with van der Waals surface area (Å²) in [5.41, 5.74) is 1.78. The molecule has 0 spiro atoms. The van der Waals surface area contributed by atoms with Gasteiger partial charge in [0, 0.05) is 6.42 Å². The maximum absolute atomic E-state index is 10.8. The molecule has 2 N–H and O–H groups in total. The Morgan fingerprint density at radius 1 is 1.07 bits per heavy atom. The van der Waals surface area contributed by atoms with Crippen LogP contribution in [0, 0.1) is 11.8 Å². The largest absolute Gasteiger partial charge is 0.507 e. The van der Waals surface area contributed by atoms with Gasteiger partial charge in [0.2, 0.25) is 0 Å². The molecule has 0 aromatic heterocycles. The molecule has 3 rings (SSSR count). The first-order chi connectivity index (χ1) is 13.1. The van der Waals surface area contributed by atoms with Crippen LogP contribution in [0.25, 0.3) is 0 Å². The maximum Gasteiger partial charge on any atom is 0.303 e. The monoisotopic (exact) mass is 370 g/mol. The first-order valence-corrected chi connectivity index (χ1v) is 10.8. The van der Waals surface area contributed by atoms with Crippen molar-refractivity contribution in [3.63, 3.8) is 0 Å². The molecular weight excluding hydrogens is 336 g/mol. The molecule has 27 heavy (non-hydrogen) atoms. The average molecular weight is 371 g/mol. The van der Waals surface area contributed by atoms with Crippen molar-refractivity contribution in [3.05, 3.63) is 41.5 Å². The lowest BCUT2D eigenvalue weighted by atomic mass is 9.85. The van der Waals surface area contributed by atoms with Crippen molar-refractivity contribution >= 4 is 5.97 Å². The number of aromatic hydroxyl groups is 1. The van der Waals surface area contributed by atoms with Crippen LogP contribution in [-0.2, 0) is 11.2 Å². The minimum absolute atomic E-state index is 0.0617. The van der Waals surface area contributed by atoms with Crippen molar-refractivity contribution < 1.29 is 15.0 Å². The summed E-state index contributed by atoms with van der Waals surface area (Å²) < 4.78 is 0. The van der Waals surface area contributed by atoms with Crippen LogP contribution in [0.1, 0.15) is 87.7 Å². The summed E-state index contributed by atoms with van der Waals surface area (Å²) in [5, 5.41) is 19.6. The van der Waals surface area contributed by atoms with Crippen LogP contribution in [0.2, 0.25) is 0 Å². The molecule has 0 amide bonds. The molecule has 0 heterocycles. The Bertz CT molecular complexity index is 643. The van der Waals surface area contributed by atoms with Gasteiger partial charge in [-0.05, 0) is 61.0 Å². The quantitative estimate of drug-likeness (QED) is 0.535. The van der Waals surface area contributed by atoms with Crippen LogP contribution in [0.15, 0.2) is 30.4 Å². The number of benzene rings is 1. The Hall–Kier alpha value is -1.77. The highest BCUT2D eigenvalue weighted by Gasteiger charge is 2.29. The third-order valence-corrected chi connectivity index (χ3v) is 6.58. The topological polar surface area (TPSA) is 57.5 Å². The smallest absolute Gasteiger partial charge is 0.303 e. The van der Waals surface area contributed by atoms with Crippen LogP contribution in [0.5, 0.6) is 5.75 Å². The molecule has 1 aromatic carbocycles. The maximum atomic E-state index is 10.8. The number of carboxylic acid groups (broad SMARTS) is 1. The lowest BCUT2D eigenvalue weighted by Crippen LogP contribution is -2.06. The second kappa shape index (κ2) is 9.96. The van der Waals surface area contributed by atoms with Gasteiger partial charge in [-0.1, -0.05) is 68.9 Å². The van der Waals surface area contributed by atoms with E-state index in [0.717, 1.165) is 23.5 Å². The molecule has 0 aliphatic heterocycles. The molecule has 0 saturated heterocycles. The fourth-order valence-electron chi connectivity index (χ4n) is 5.04. The lowest BCUT2D eigenvalue weighted by Gasteiger charge is -2.21. The minimum Gasteiger partial charge on any atom is -0.507 e. The van der Waals surface area contributed by atoms with Gasteiger partial charge in [-0.25, -0.2) is 0 Å². The van der Waals surface area contributed by atoms with Crippen LogP contribution in [-0.4, -0.2) is 16.2 Å². The van der Waals surface area contributed by atoms with E-state index in [4.69, 9.17) is 5.11 Å². The molecule has 2 atom stereocenters. The van der Waals surface area contributed by atoms with Gasteiger partial charge in [0.15, 0.2) is 0 Å². The number of carboxylic acids is 1. The van der Waals surface area contributed by atoms with Crippen molar-refractivity contribution in [1.82, 2.24) is 0 Å². The number of phenolic OH excluding ortho intramolecular Hbond substituents is 1. The van der Waals surface area contributed by atoms with Crippen LogP contribution in [0.3, 0.4) is 0 Å². The van der Waals surface area contributed by atoms with Gasteiger partial charge in [-0.15, -0.1) is 0 Å². The molecule has 2 saturated carbocycles. The van der Waals surface area contributed by atoms with E-state index in [1.165, 1.54) is 57.8 Å². The second-order valence-corrected chi connectivity index (χ2v) is 8.46. The molecule has 0 radical (unpaired) electrons. The Balaban J connectivity index is 1.59. The molecule has 1 unspecified atom stereocenters. The van der Waals surface area contributed by atoms with E-state index in [0.29, 0.717) is 24.0 Å². The van der Waals surface area contributed by atoms with Gasteiger partial charge < -0.3 is 10.2 Å². The van der Waals surface area contributed by atoms with E-state index in [2.05, 4.69) is 12.2 Å². The molecule has 2 aliphatic rings. The van der Waals surface area contributed by atoms with Gasteiger partial charge in [-0.3, -0.25) is 4.79 Å². The van der Waals surface area contributed by atoms with E-state index in [1.807, 2.05) is 18.2 Å². The van der Waals surface area contributed by atoms with E-state index >= 15 is 0 Å². The highest BCUT2D eigenvalue weighted by molar-refractivity contribution is 5.67. The van der Waals surface area contributed by atoms with Gasteiger partial charge >= 0.3 is 5.97 Å². The predicted molar refractivity (Wildman–Crippen MR) is 109 cm³/mol. The Labute approximate surface area is 163 Å². The normalized spacial score (nSPS) is 23.9. The third-order valence-electron chi connectivity index (χ3n) is 6.58. The van der Waals surface area contributed by atoms with E-state index in [-0.39, 0.29) is 6.42 Å². The number of allylic oxidation sites excluding steroid dienone is 2. The second-order valence-electron chi connectivity index (χ2n) is 8.46. The number of carbonyl (C=O) groups is 1. The summed E-state index contributed by atoms with van der Waals surface area (Å²) in [6.07, 6.45) is 18.3. The van der Waals surface area contributed by atoms with Crippen LogP contribution >= 0.6 is 0 Å². The minimum atomic E-state index is -0.820. The average Bonchev–Trinajstić information content (AvgIpc) is 3.13. The van der Waals surface area contributed by atoms with Crippen molar-refractivity contribution in [1.29, 1.82) is 0 Å². The number of aryl methyl sites for hydroxylation is 1. The Morgan fingerprint density at radius 2 is 1.89 bits per heavy atom. The highest BCUT2D eigenvalue weighted by atomic mass is 16.4. The van der Waals surface area contributed by atoms with Crippen LogP contribution < -0.4 is 0 Å². The summed E-state index contributed by atoms with van der Waals surface area (Å²) in [5.74, 6) is 1.29. The summed E-state index contributed by atoms with van der Waals surface area (Å²) in [4.78, 5) is 10.8. The van der Waals surface area contributed by atoms with Crippen molar-refractivity contribution in [2.24, 2.45) is 11.8 Å². The van der Waals surface area contributed by atoms with Gasteiger partial charge in [0.05, 0.1) is 0 Å². The summed E-state index contributed by atoms with van der Waals surface area (Å²) >= 11 is 0. The number of para-hydroxylation sites is 1. The zero-order chi connectivity index (χ0) is 19.1. The molecule has 3 nitrogen and oxygen atoms in total. The highest BCUT2D eigenvalue weighted by Crippen LogP contribution is 2.44. The SMILES string of the molecule is O=C(O)CCc1cccc([C@H]2CCCC2/C=C/CCC2CCCCC2)c1O. The molecule has 148 valence electrons. The van der Waals surface area contributed by atoms with E-state index in [9.17, 15) is 9.90 Å². The summed E-state index contributed by atoms with van der Waals surface area (Å²) in [6.45, 7) is 0. The van der Waals surface area contributed by atoms with Crippen LogP contribution in [0.4, 0.5) is 0 Å². The molecule has 0 bridgehead atoms. The predicted octanol–water partition coefficient (Wildman–Crippen LogP) is 6.21. The standard InChI is InChI=1S/C24H34O3/c25-23(26)17-16-20-13-7-15-22(24(20)27)21-14-6-12-19(21)11-5-4-10-18-8-2-1-3-9-18/h5,7,11,13,15,18-19,21,27H,1-4,6,8-10,12,14,16-17H2,(H,25,26)/b11-5+/t19?,21-/m0/s1. The third kappa shape index (κ3) is 5.60. The molecule has 1 aromatic rings. The molecule has 2 aliphatic carbocycles. The fraction of sp³-hybridized carbons (Fsp3) is 0.625. The van der Waals surface area contributed by atoms with Crippen molar-refractivity contribution in [2.45, 2.75) is 83.0 Å². The number of hydrogen-bond acceptors (Lipinski definition) is 2. The zero-order valence-corrected chi connectivity index (χ0v) is 16.4. The molecule has 3 heteroatoms. The van der Waals surface area contributed by atoms with E-state index < -0.39 is 5.97 Å². The molecular formula is C24H34O3.